The second-order valence-corrected chi connectivity index (χ2v) is 10.4. The highest BCUT2D eigenvalue weighted by Gasteiger charge is 2.26. The van der Waals surface area contributed by atoms with Crippen LogP contribution in [0.3, 0.4) is 0 Å². The summed E-state index contributed by atoms with van der Waals surface area (Å²) < 4.78 is 7.79. The van der Waals surface area contributed by atoms with Gasteiger partial charge in [0.25, 0.3) is 0 Å². The molecule has 3 aliphatic heterocycles. The fourth-order valence-electron chi connectivity index (χ4n) is 6.08. The number of hydrogen-bond acceptors (Lipinski definition) is 6. The predicted octanol–water partition coefficient (Wildman–Crippen LogP) is 3.61. The molecule has 1 aromatic heterocycles. The Morgan fingerprint density at radius 2 is 1.75 bits per heavy atom. The van der Waals surface area contributed by atoms with Crippen LogP contribution in [0, 0.1) is 5.92 Å². The standard InChI is InChI=1S/C28H36N6O2/c1-36-26-18-22(29)2-4-25(26)33-9-6-20(7-10-33)19-31-12-14-32(15-13-31)23-3-5-24-21(16-23)17-27-30-28(35)8-11-34(24)27/h2-5,16-18,20H,6-15,19,29H2,1H3,(H,30,35). The fraction of sp³-hybridized carbons (Fsp3) is 0.464. The first-order chi connectivity index (χ1) is 17.6. The third-order valence-corrected chi connectivity index (χ3v) is 8.13. The molecule has 4 heterocycles. The Morgan fingerprint density at radius 1 is 0.944 bits per heavy atom. The number of aromatic nitrogens is 1. The van der Waals surface area contributed by atoms with Gasteiger partial charge >= 0.3 is 0 Å². The Labute approximate surface area is 212 Å². The van der Waals surface area contributed by atoms with Crippen LogP contribution < -0.4 is 25.6 Å². The molecule has 36 heavy (non-hydrogen) atoms. The number of hydrogen-bond donors (Lipinski definition) is 2. The van der Waals surface area contributed by atoms with Crippen LogP contribution in [0.5, 0.6) is 5.75 Å². The summed E-state index contributed by atoms with van der Waals surface area (Å²) in [5.74, 6) is 2.64. The Hall–Kier alpha value is -3.39. The lowest BCUT2D eigenvalue weighted by molar-refractivity contribution is -0.116. The van der Waals surface area contributed by atoms with Crippen LogP contribution in [0.2, 0.25) is 0 Å². The normalized spacial score (nSPS) is 19.4. The van der Waals surface area contributed by atoms with Gasteiger partial charge in [-0.2, -0.15) is 0 Å². The molecule has 190 valence electrons. The maximum Gasteiger partial charge on any atom is 0.227 e. The van der Waals surface area contributed by atoms with Gasteiger partial charge in [-0.3, -0.25) is 9.69 Å². The quantitative estimate of drug-likeness (QED) is 0.534. The van der Waals surface area contributed by atoms with E-state index in [1.165, 1.54) is 36.0 Å². The number of piperazine rings is 1. The summed E-state index contributed by atoms with van der Waals surface area (Å²) in [6.45, 7) is 8.38. The van der Waals surface area contributed by atoms with Crippen molar-refractivity contribution in [3.05, 3.63) is 42.5 Å². The largest absolute Gasteiger partial charge is 0.495 e. The number of nitrogen functional groups attached to an aromatic ring is 1. The highest BCUT2D eigenvalue weighted by atomic mass is 16.5. The zero-order valence-electron chi connectivity index (χ0n) is 21.1. The number of ether oxygens (including phenoxy) is 1. The fourth-order valence-corrected chi connectivity index (χ4v) is 6.08. The van der Waals surface area contributed by atoms with Crippen LogP contribution in [0.1, 0.15) is 19.3 Å². The number of nitrogens with one attached hydrogen (secondary N) is 1. The van der Waals surface area contributed by atoms with Crippen molar-refractivity contribution < 1.29 is 9.53 Å². The molecule has 0 atom stereocenters. The monoisotopic (exact) mass is 488 g/mol. The maximum absolute atomic E-state index is 11.8. The molecule has 3 aliphatic rings. The average molecular weight is 489 g/mol. The van der Waals surface area contributed by atoms with Crippen molar-refractivity contribution in [3.63, 3.8) is 0 Å². The first-order valence-electron chi connectivity index (χ1n) is 13.2. The van der Waals surface area contributed by atoms with Crippen molar-refractivity contribution in [2.45, 2.75) is 25.8 Å². The smallest absolute Gasteiger partial charge is 0.227 e. The third kappa shape index (κ3) is 4.46. The second-order valence-electron chi connectivity index (χ2n) is 10.4. The summed E-state index contributed by atoms with van der Waals surface area (Å²) in [6, 6.07) is 14.8. The number of carbonyl (C=O) groups excluding carboxylic acids is 1. The first-order valence-corrected chi connectivity index (χ1v) is 13.2. The maximum atomic E-state index is 11.8. The molecule has 8 heteroatoms. The molecule has 0 aliphatic carbocycles. The molecule has 2 fully saturated rings. The third-order valence-electron chi connectivity index (χ3n) is 8.13. The van der Waals surface area contributed by atoms with Crippen molar-refractivity contribution in [1.29, 1.82) is 0 Å². The van der Waals surface area contributed by atoms with Crippen molar-refractivity contribution in [3.8, 4) is 5.75 Å². The Morgan fingerprint density at radius 3 is 2.53 bits per heavy atom. The van der Waals surface area contributed by atoms with Crippen molar-refractivity contribution >= 4 is 39.7 Å². The number of amides is 1. The molecule has 0 radical (unpaired) electrons. The molecule has 3 aromatic rings. The van der Waals surface area contributed by atoms with Crippen LogP contribution >= 0.6 is 0 Å². The lowest BCUT2D eigenvalue weighted by atomic mass is 9.95. The van der Waals surface area contributed by atoms with E-state index in [9.17, 15) is 4.79 Å². The molecule has 1 amide bonds. The molecule has 0 spiro atoms. The summed E-state index contributed by atoms with van der Waals surface area (Å²) in [6.07, 6.45) is 2.97. The van der Waals surface area contributed by atoms with Crippen LogP contribution in [0.25, 0.3) is 10.9 Å². The number of benzene rings is 2. The number of piperidine rings is 1. The van der Waals surface area contributed by atoms with Crippen molar-refractivity contribution in [1.82, 2.24) is 9.47 Å². The minimum atomic E-state index is 0.109. The molecule has 2 saturated heterocycles. The van der Waals surface area contributed by atoms with E-state index >= 15 is 0 Å². The highest BCUT2D eigenvalue weighted by Crippen LogP contribution is 2.34. The van der Waals surface area contributed by atoms with E-state index < -0.39 is 0 Å². The molecule has 8 nitrogen and oxygen atoms in total. The number of anilines is 4. The lowest BCUT2D eigenvalue weighted by Crippen LogP contribution is -2.49. The highest BCUT2D eigenvalue weighted by molar-refractivity contribution is 5.97. The Kier molecular flexibility index (Phi) is 6.13. The Balaban J connectivity index is 1.02. The molecule has 3 N–H and O–H groups in total. The SMILES string of the molecule is COc1cc(N)ccc1N1CCC(CN2CCN(c3ccc4c(c3)cc3n4CCC(=O)N3)CC2)CC1. The predicted molar refractivity (Wildman–Crippen MR) is 146 cm³/mol. The van der Waals surface area contributed by atoms with E-state index in [0.29, 0.717) is 6.42 Å². The molecule has 0 saturated carbocycles. The topological polar surface area (TPSA) is 79.0 Å². The van der Waals surface area contributed by atoms with Crippen LogP contribution in [-0.2, 0) is 11.3 Å². The molecule has 0 bridgehead atoms. The number of nitrogens with zero attached hydrogens (tertiary/aromatic N) is 4. The summed E-state index contributed by atoms with van der Waals surface area (Å²) in [5.41, 5.74) is 10.3. The number of fused-ring (bicyclic) bond motifs is 3. The molecular weight excluding hydrogens is 452 g/mol. The van der Waals surface area contributed by atoms with Gasteiger partial charge in [0.05, 0.1) is 12.8 Å². The minimum Gasteiger partial charge on any atom is -0.495 e. The molecular formula is C28H36N6O2. The van der Waals surface area contributed by atoms with Gasteiger partial charge in [-0.25, -0.2) is 0 Å². The lowest BCUT2D eigenvalue weighted by Gasteiger charge is -2.40. The van der Waals surface area contributed by atoms with Gasteiger partial charge < -0.3 is 30.2 Å². The van der Waals surface area contributed by atoms with Gasteiger partial charge in [0, 0.05) is 87.1 Å². The summed E-state index contributed by atoms with van der Waals surface area (Å²) in [7, 11) is 1.72. The number of rotatable bonds is 5. The van der Waals surface area contributed by atoms with E-state index in [2.05, 4.69) is 54.9 Å². The van der Waals surface area contributed by atoms with E-state index in [-0.39, 0.29) is 5.91 Å². The first kappa shape index (κ1) is 23.0. The van der Waals surface area contributed by atoms with Crippen LogP contribution in [0.4, 0.5) is 22.9 Å². The molecule has 2 aromatic carbocycles. The number of nitrogens with two attached hydrogens (primary N) is 1. The van der Waals surface area contributed by atoms with Gasteiger partial charge in [0.2, 0.25) is 5.91 Å². The Bertz CT molecular complexity index is 1250. The van der Waals surface area contributed by atoms with Gasteiger partial charge in [0.1, 0.15) is 11.6 Å². The number of carbonyl (C=O) groups is 1. The number of aryl methyl sites for hydroxylation is 1. The summed E-state index contributed by atoms with van der Waals surface area (Å²) in [4.78, 5) is 19.3. The average Bonchev–Trinajstić information content (AvgIpc) is 3.26. The summed E-state index contributed by atoms with van der Waals surface area (Å²) >= 11 is 0. The zero-order chi connectivity index (χ0) is 24.6. The van der Waals surface area contributed by atoms with Gasteiger partial charge in [-0.1, -0.05) is 0 Å². The van der Waals surface area contributed by atoms with Crippen molar-refractivity contribution in [2.24, 2.45) is 5.92 Å². The van der Waals surface area contributed by atoms with Crippen LogP contribution in [0.15, 0.2) is 42.5 Å². The second kappa shape index (κ2) is 9.58. The van der Waals surface area contributed by atoms with Crippen molar-refractivity contribution in [2.75, 3.05) is 73.8 Å². The van der Waals surface area contributed by atoms with E-state index in [4.69, 9.17) is 10.5 Å². The van der Waals surface area contributed by atoms with E-state index in [1.807, 2.05) is 12.1 Å². The van der Waals surface area contributed by atoms with Gasteiger partial charge in [-0.15, -0.1) is 0 Å². The minimum absolute atomic E-state index is 0.109. The number of methoxy groups -OCH3 is 1. The van der Waals surface area contributed by atoms with Gasteiger partial charge in [-0.05, 0) is 55.2 Å². The summed E-state index contributed by atoms with van der Waals surface area (Å²) in [5, 5.41) is 4.21. The zero-order valence-corrected chi connectivity index (χ0v) is 21.1. The van der Waals surface area contributed by atoms with Gasteiger partial charge in [0.15, 0.2) is 0 Å². The van der Waals surface area contributed by atoms with E-state index in [0.717, 1.165) is 74.7 Å². The molecule has 0 unspecified atom stereocenters. The van der Waals surface area contributed by atoms with E-state index in [1.54, 1.807) is 7.11 Å². The van der Waals surface area contributed by atoms with Crippen LogP contribution in [-0.4, -0.2) is 68.3 Å². The molecule has 6 rings (SSSR count).